The molecule has 0 unspecified atom stereocenters. The molecular weight excluding hydrogens is 348 g/mol. The van der Waals surface area contributed by atoms with E-state index in [1.54, 1.807) is 42.8 Å². The minimum absolute atomic E-state index is 0.253. The van der Waals surface area contributed by atoms with Gasteiger partial charge in [-0.15, -0.1) is 11.3 Å². The third-order valence-electron chi connectivity index (χ3n) is 3.53. The van der Waals surface area contributed by atoms with Crippen molar-refractivity contribution < 1.29 is 14.3 Å². The molecule has 1 N–H and O–H groups in total. The highest BCUT2D eigenvalue weighted by Gasteiger charge is 2.12. The molecule has 1 amide bonds. The average molecular weight is 366 g/mol. The molecule has 2 aromatic carbocycles. The zero-order valence-electron chi connectivity index (χ0n) is 14.3. The maximum absolute atomic E-state index is 12.4. The second-order valence-corrected chi connectivity index (χ2v) is 6.21. The van der Waals surface area contributed by atoms with Gasteiger partial charge in [0, 0.05) is 16.6 Å². The first-order chi connectivity index (χ1) is 12.7. The average Bonchev–Trinajstić information content (AvgIpc) is 3.18. The molecule has 0 saturated heterocycles. The number of anilines is 1. The van der Waals surface area contributed by atoms with Crippen LogP contribution in [0.15, 0.2) is 66.6 Å². The van der Waals surface area contributed by atoms with E-state index in [4.69, 9.17) is 9.47 Å². The van der Waals surface area contributed by atoms with E-state index in [0.717, 1.165) is 22.1 Å². The van der Waals surface area contributed by atoms with Crippen molar-refractivity contribution in [3.05, 3.63) is 72.3 Å². The Bertz CT molecular complexity index is 903. The number of carbonyl (C=O) groups excluding carboxylic acids is 1. The van der Waals surface area contributed by atoms with Crippen molar-refractivity contribution >= 4 is 22.9 Å². The molecule has 0 bridgehead atoms. The summed E-state index contributed by atoms with van der Waals surface area (Å²) in [7, 11) is 1.60. The summed E-state index contributed by atoms with van der Waals surface area (Å²) in [4.78, 5) is 16.8. The summed E-state index contributed by atoms with van der Waals surface area (Å²) >= 11 is 1.41. The lowest BCUT2D eigenvalue weighted by molar-refractivity contribution is 0.102. The summed E-state index contributed by atoms with van der Waals surface area (Å²) in [5.74, 6) is 1.22. The Labute approximate surface area is 155 Å². The molecule has 1 heterocycles. The van der Waals surface area contributed by atoms with Gasteiger partial charge in [0.2, 0.25) is 0 Å². The minimum Gasteiger partial charge on any atom is -0.497 e. The lowest BCUT2D eigenvalue weighted by Crippen LogP contribution is -2.12. The molecule has 3 rings (SSSR count). The number of ether oxygens (including phenoxy) is 2. The van der Waals surface area contributed by atoms with Crippen molar-refractivity contribution in [1.29, 1.82) is 0 Å². The number of amides is 1. The molecule has 6 heteroatoms. The van der Waals surface area contributed by atoms with E-state index in [-0.39, 0.29) is 5.91 Å². The van der Waals surface area contributed by atoms with Gasteiger partial charge in [0.1, 0.15) is 28.8 Å². The molecule has 0 spiro atoms. The van der Waals surface area contributed by atoms with E-state index in [2.05, 4.69) is 16.9 Å². The number of carbonyl (C=O) groups is 1. The minimum atomic E-state index is -0.253. The number of hydrogen-bond donors (Lipinski definition) is 1. The van der Waals surface area contributed by atoms with E-state index in [1.165, 1.54) is 11.3 Å². The highest BCUT2D eigenvalue weighted by atomic mass is 32.1. The van der Waals surface area contributed by atoms with Gasteiger partial charge >= 0.3 is 0 Å². The van der Waals surface area contributed by atoms with Crippen molar-refractivity contribution in [1.82, 2.24) is 4.98 Å². The van der Waals surface area contributed by atoms with E-state index in [0.29, 0.717) is 18.0 Å². The SMILES string of the molecule is C=CCOc1cccc(-c2nc(C(=O)Nc3ccc(OC)cc3)cs2)c1. The number of nitrogens with one attached hydrogen (secondary N) is 1. The van der Waals surface area contributed by atoms with Crippen LogP contribution < -0.4 is 14.8 Å². The molecule has 0 fully saturated rings. The molecule has 132 valence electrons. The monoisotopic (exact) mass is 366 g/mol. The number of hydrogen-bond acceptors (Lipinski definition) is 5. The predicted molar refractivity (Wildman–Crippen MR) is 104 cm³/mol. The lowest BCUT2D eigenvalue weighted by atomic mass is 10.2. The van der Waals surface area contributed by atoms with Crippen LogP contribution in [0.25, 0.3) is 10.6 Å². The molecular formula is C20H18N2O3S. The van der Waals surface area contributed by atoms with Crippen LogP contribution in [0, 0.1) is 0 Å². The van der Waals surface area contributed by atoms with Crippen molar-refractivity contribution in [3.8, 4) is 22.1 Å². The summed E-state index contributed by atoms with van der Waals surface area (Å²) in [6.45, 7) is 4.08. The summed E-state index contributed by atoms with van der Waals surface area (Å²) in [5, 5.41) is 5.33. The van der Waals surface area contributed by atoms with Gasteiger partial charge in [0.05, 0.1) is 7.11 Å². The Morgan fingerprint density at radius 2 is 2.04 bits per heavy atom. The van der Waals surface area contributed by atoms with Crippen LogP contribution in [0.3, 0.4) is 0 Å². The fourth-order valence-electron chi connectivity index (χ4n) is 2.25. The van der Waals surface area contributed by atoms with Crippen LogP contribution in [0.1, 0.15) is 10.5 Å². The Morgan fingerprint density at radius 1 is 1.23 bits per heavy atom. The lowest BCUT2D eigenvalue weighted by Gasteiger charge is -2.05. The van der Waals surface area contributed by atoms with Crippen LogP contribution in [-0.4, -0.2) is 24.6 Å². The molecule has 0 aliphatic rings. The quantitative estimate of drug-likeness (QED) is 0.619. The Morgan fingerprint density at radius 3 is 2.77 bits per heavy atom. The molecule has 0 radical (unpaired) electrons. The zero-order chi connectivity index (χ0) is 18.4. The van der Waals surface area contributed by atoms with E-state index >= 15 is 0 Å². The largest absolute Gasteiger partial charge is 0.497 e. The maximum atomic E-state index is 12.4. The van der Waals surface area contributed by atoms with Gasteiger partial charge in [-0.25, -0.2) is 4.98 Å². The molecule has 0 aliphatic heterocycles. The summed E-state index contributed by atoms with van der Waals surface area (Å²) in [6, 6.07) is 14.7. The summed E-state index contributed by atoms with van der Waals surface area (Å²) in [6.07, 6.45) is 1.69. The molecule has 1 aromatic heterocycles. The van der Waals surface area contributed by atoms with Crippen LogP contribution in [0.5, 0.6) is 11.5 Å². The summed E-state index contributed by atoms with van der Waals surface area (Å²) in [5.41, 5.74) is 1.96. The fourth-order valence-corrected chi connectivity index (χ4v) is 3.05. The van der Waals surface area contributed by atoms with Crippen LogP contribution in [-0.2, 0) is 0 Å². The van der Waals surface area contributed by atoms with Gasteiger partial charge in [-0.2, -0.15) is 0 Å². The van der Waals surface area contributed by atoms with Gasteiger partial charge in [0.15, 0.2) is 0 Å². The van der Waals surface area contributed by atoms with E-state index < -0.39 is 0 Å². The standard InChI is InChI=1S/C20H18N2O3S/c1-3-11-25-17-6-4-5-14(12-17)20-22-18(13-26-20)19(23)21-15-7-9-16(24-2)10-8-15/h3-10,12-13H,1,11H2,2H3,(H,21,23). The smallest absolute Gasteiger partial charge is 0.275 e. The van der Waals surface area contributed by atoms with Crippen molar-refractivity contribution in [2.45, 2.75) is 0 Å². The Balaban J connectivity index is 1.72. The zero-order valence-corrected chi connectivity index (χ0v) is 15.1. The number of nitrogens with zero attached hydrogens (tertiary/aromatic N) is 1. The number of rotatable bonds is 7. The summed E-state index contributed by atoms with van der Waals surface area (Å²) < 4.78 is 10.6. The van der Waals surface area contributed by atoms with E-state index in [1.807, 2.05) is 24.3 Å². The molecule has 5 nitrogen and oxygen atoms in total. The van der Waals surface area contributed by atoms with Gasteiger partial charge in [-0.1, -0.05) is 24.8 Å². The molecule has 0 saturated carbocycles. The first-order valence-electron chi connectivity index (χ1n) is 7.94. The Kier molecular flexibility index (Phi) is 5.66. The number of thiazole rings is 1. The molecule has 0 atom stereocenters. The third kappa shape index (κ3) is 4.29. The fraction of sp³-hybridized carbons (Fsp3) is 0.100. The van der Waals surface area contributed by atoms with E-state index in [9.17, 15) is 4.79 Å². The number of benzene rings is 2. The van der Waals surface area contributed by atoms with Gasteiger partial charge in [0.25, 0.3) is 5.91 Å². The van der Waals surface area contributed by atoms with Gasteiger partial charge < -0.3 is 14.8 Å². The predicted octanol–water partition coefficient (Wildman–Crippen LogP) is 4.64. The molecule has 3 aromatic rings. The topological polar surface area (TPSA) is 60.5 Å². The molecule has 0 aliphatic carbocycles. The molecule has 26 heavy (non-hydrogen) atoms. The highest BCUT2D eigenvalue weighted by Crippen LogP contribution is 2.27. The van der Waals surface area contributed by atoms with Crippen LogP contribution in [0.4, 0.5) is 5.69 Å². The highest BCUT2D eigenvalue weighted by molar-refractivity contribution is 7.13. The van der Waals surface area contributed by atoms with Gasteiger partial charge in [-0.3, -0.25) is 4.79 Å². The first kappa shape index (κ1) is 17.7. The first-order valence-corrected chi connectivity index (χ1v) is 8.82. The Hall–Kier alpha value is -3.12. The van der Waals surface area contributed by atoms with Crippen LogP contribution >= 0.6 is 11.3 Å². The van der Waals surface area contributed by atoms with Gasteiger partial charge in [-0.05, 0) is 36.4 Å². The number of aromatic nitrogens is 1. The maximum Gasteiger partial charge on any atom is 0.275 e. The second-order valence-electron chi connectivity index (χ2n) is 5.35. The van der Waals surface area contributed by atoms with Crippen molar-refractivity contribution in [2.75, 3.05) is 19.0 Å². The normalized spacial score (nSPS) is 10.2. The van der Waals surface area contributed by atoms with Crippen LogP contribution in [0.2, 0.25) is 0 Å². The van der Waals surface area contributed by atoms with Crippen molar-refractivity contribution in [2.24, 2.45) is 0 Å². The van der Waals surface area contributed by atoms with Crippen molar-refractivity contribution in [3.63, 3.8) is 0 Å². The number of methoxy groups -OCH3 is 1. The second kappa shape index (κ2) is 8.31. The third-order valence-corrected chi connectivity index (χ3v) is 4.42.